The number of benzene rings is 1. The van der Waals surface area contributed by atoms with Crippen LogP contribution < -0.4 is 5.32 Å². The van der Waals surface area contributed by atoms with Crippen LogP contribution in [0.2, 0.25) is 0 Å². The summed E-state index contributed by atoms with van der Waals surface area (Å²) >= 11 is 0. The van der Waals surface area contributed by atoms with Crippen molar-refractivity contribution in [3.63, 3.8) is 0 Å². The molecule has 0 unspecified atom stereocenters. The molecular weight excluding hydrogens is 260 g/mol. The number of nitrogens with one attached hydrogen (secondary N) is 1. The highest BCUT2D eigenvalue weighted by atomic mass is 19.2. The molecule has 0 aliphatic heterocycles. The zero-order chi connectivity index (χ0) is 14.5. The summed E-state index contributed by atoms with van der Waals surface area (Å²) in [5.74, 6) is -0.331. The molecule has 106 valence electrons. The highest BCUT2D eigenvalue weighted by Crippen LogP contribution is 2.22. The maximum Gasteiger partial charge on any atom is 0.159 e. The Kier molecular flexibility index (Phi) is 4.61. The molecule has 5 heteroatoms. The van der Waals surface area contributed by atoms with E-state index in [9.17, 15) is 8.78 Å². The molecule has 1 aromatic carbocycles. The van der Waals surface area contributed by atoms with Crippen LogP contribution in [0.4, 0.5) is 14.6 Å². The molecule has 1 N–H and O–H groups in total. The second kappa shape index (κ2) is 6.41. The van der Waals surface area contributed by atoms with Crippen LogP contribution in [0.5, 0.6) is 0 Å². The zero-order valence-electron chi connectivity index (χ0n) is 11.6. The minimum Gasteiger partial charge on any atom is -0.370 e. The topological polar surface area (TPSA) is 37.8 Å². The second-order valence-corrected chi connectivity index (χ2v) is 4.46. The molecule has 0 saturated heterocycles. The lowest BCUT2D eigenvalue weighted by atomic mass is 10.1. The molecule has 0 amide bonds. The fourth-order valence-corrected chi connectivity index (χ4v) is 1.91. The Balaban J connectivity index is 2.45. The van der Waals surface area contributed by atoms with Crippen LogP contribution in [-0.4, -0.2) is 16.5 Å². The number of aromatic nitrogens is 2. The average molecular weight is 277 g/mol. The third-order valence-electron chi connectivity index (χ3n) is 2.82. The Morgan fingerprint density at radius 1 is 1.05 bits per heavy atom. The minimum atomic E-state index is -0.872. The number of anilines is 1. The minimum absolute atomic E-state index is 0.544. The summed E-state index contributed by atoms with van der Waals surface area (Å²) in [6.07, 6.45) is 1.67. The second-order valence-electron chi connectivity index (χ2n) is 4.46. The fraction of sp³-hybridized carbons (Fsp3) is 0.333. The molecule has 0 fully saturated rings. The smallest absolute Gasteiger partial charge is 0.159 e. The largest absolute Gasteiger partial charge is 0.370 e. The Morgan fingerprint density at radius 2 is 1.85 bits per heavy atom. The number of aryl methyl sites for hydroxylation is 1. The summed E-state index contributed by atoms with van der Waals surface area (Å²) in [5, 5.41) is 3.12. The molecule has 0 atom stereocenters. The molecule has 0 radical (unpaired) electrons. The van der Waals surface area contributed by atoms with Gasteiger partial charge in [-0.15, -0.1) is 0 Å². The number of halogens is 2. The zero-order valence-corrected chi connectivity index (χ0v) is 11.6. The third-order valence-corrected chi connectivity index (χ3v) is 2.82. The van der Waals surface area contributed by atoms with Gasteiger partial charge in [0.15, 0.2) is 11.6 Å². The molecular formula is C15H17F2N3. The Morgan fingerprint density at radius 3 is 2.50 bits per heavy atom. The third kappa shape index (κ3) is 3.29. The monoisotopic (exact) mass is 277 g/mol. The Hall–Kier alpha value is -2.04. The molecule has 0 aliphatic carbocycles. The molecule has 0 bridgehead atoms. The van der Waals surface area contributed by atoms with E-state index >= 15 is 0 Å². The normalized spacial score (nSPS) is 10.6. The SMILES string of the molecule is CCCc1nc(NCC)cc(-c2ccc(F)c(F)c2)n1. The summed E-state index contributed by atoms with van der Waals surface area (Å²) < 4.78 is 26.3. The first-order valence-electron chi connectivity index (χ1n) is 6.71. The van der Waals surface area contributed by atoms with Crippen LogP contribution in [-0.2, 0) is 6.42 Å². The van der Waals surface area contributed by atoms with Crippen molar-refractivity contribution in [1.82, 2.24) is 9.97 Å². The van der Waals surface area contributed by atoms with Crippen molar-refractivity contribution < 1.29 is 8.78 Å². The van der Waals surface area contributed by atoms with Gasteiger partial charge in [-0.25, -0.2) is 18.7 Å². The lowest BCUT2D eigenvalue weighted by Crippen LogP contribution is -2.04. The Bertz CT molecular complexity index is 575. The molecule has 20 heavy (non-hydrogen) atoms. The van der Waals surface area contributed by atoms with Gasteiger partial charge < -0.3 is 5.32 Å². The maximum absolute atomic E-state index is 13.3. The van der Waals surface area contributed by atoms with Crippen LogP contribution in [0.15, 0.2) is 24.3 Å². The van der Waals surface area contributed by atoms with Gasteiger partial charge in [-0.3, -0.25) is 0 Å². The first kappa shape index (κ1) is 14.4. The molecule has 2 rings (SSSR count). The van der Waals surface area contributed by atoms with Gasteiger partial charge >= 0.3 is 0 Å². The van der Waals surface area contributed by atoms with Crippen molar-refractivity contribution in [3.05, 3.63) is 41.7 Å². The first-order chi connectivity index (χ1) is 9.63. The predicted octanol–water partition coefficient (Wildman–Crippen LogP) is 3.81. The van der Waals surface area contributed by atoms with Crippen LogP contribution in [0.25, 0.3) is 11.3 Å². The van der Waals surface area contributed by atoms with Crippen LogP contribution in [0.1, 0.15) is 26.1 Å². The van der Waals surface area contributed by atoms with Gasteiger partial charge in [-0.1, -0.05) is 6.92 Å². The van der Waals surface area contributed by atoms with E-state index in [0.29, 0.717) is 22.9 Å². The molecule has 0 spiro atoms. The number of hydrogen-bond donors (Lipinski definition) is 1. The summed E-state index contributed by atoms with van der Waals surface area (Å²) in [6, 6.07) is 5.53. The van der Waals surface area contributed by atoms with Gasteiger partial charge in [0.05, 0.1) is 5.69 Å². The maximum atomic E-state index is 13.3. The van der Waals surface area contributed by atoms with Crippen molar-refractivity contribution in [2.24, 2.45) is 0 Å². The number of nitrogens with zero attached hydrogens (tertiary/aromatic N) is 2. The van der Waals surface area contributed by atoms with E-state index in [1.807, 2.05) is 13.8 Å². The van der Waals surface area contributed by atoms with Crippen LogP contribution in [0.3, 0.4) is 0 Å². The van der Waals surface area contributed by atoms with E-state index in [0.717, 1.165) is 31.5 Å². The number of rotatable bonds is 5. The van der Waals surface area contributed by atoms with E-state index in [2.05, 4.69) is 15.3 Å². The van der Waals surface area contributed by atoms with Crippen LogP contribution in [0, 0.1) is 11.6 Å². The lowest BCUT2D eigenvalue weighted by molar-refractivity contribution is 0.509. The first-order valence-corrected chi connectivity index (χ1v) is 6.71. The van der Waals surface area contributed by atoms with Crippen molar-refractivity contribution in [1.29, 1.82) is 0 Å². The molecule has 2 aromatic rings. The van der Waals surface area contributed by atoms with Gasteiger partial charge in [0.25, 0.3) is 0 Å². The summed E-state index contributed by atoms with van der Waals surface area (Å²) in [6.45, 7) is 4.75. The summed E-state index contributed by atoms with van der Waals surface area (Å²) in [5.41, 5.74) is 1.14. The van der Waals surface area contributed by atoms with Crippen LogP contribution >= 0.6 is 0 Å². The quantitative estimate of drug-likeness (QED) is 0.903. The van der Waals surface area contributed by atoms with Crippen molar-refractivity contribution in [3.8, 4) is 11.3 Å². The van der Waals surface area contributed by atoms with Gasteiger partial charge in [-0.05, 0) is 31.5 Å². The molecule has 3 nitrogen and oxygen atoms in total. The van der Waals surface area contributed by atoms with E-state index in [4.69, 9.17) is 0 Å². The van der Waals surface area contributed by atoms with E-state index in [1.54, 1.807) is 6.07 Å². The van der Waals surface area contributed by atoms with E-state index in [1.165, 1.54) is 6.07 Å². The van der Waals surface area contributed by atoms with E-state index < -0.39 is 11.6 Å². The van der Waals surface area contributed by atoms with Gasteiger partial charge in [0, 0.05) is 24.6 Å². The molecule has 1 heterocycles. The van der Waals surface area contributed by atoms with E-state index in [-0.39, 0.29) is 0 Å². The summed E-state index contributed by atoms with van der Waals surface area (Å²) in [4.78, 5) is 8.79. The van der Waals surface area contributed by atoms with Gasteiger partial charge in [-0.2, -0.15) is 0 Å². The van der Waals surface area contributed by atoms with Crippen molar-refractivity contribution in [2.75, 3.05) is 11.9 Å². The fourth-order valence-electron chi connectivity index (χ4n) is 1.91. The molecule has 0 saturated carbocycles. The predicted molar refractivity (Wildman–Crippen MR) is 75.5 cm³/mol. The Labute approximate surface area is 117 Å². The standard InChI is InChI=1S/C15H17F2N3/c1-3-5-14-19-13(9-15(20-14)18-4-2)10-6-7-11(16)12(17)8-10/h6-9H,3-5H2,1-2H3,(H,18,19,20). The van der Waals surface area contributed by atoms with Gasteiger partial charge in [0.2, 0.25) is 0 Å². The highest BCUT2D eigenvalue weighted by Gasteiger charge is 2.09. The lowest BCUT2D eigenvalue weighted by Gasteiger charge is -2.09. The summed E-state index contributed by atoms with van der Waals surface area (Å²) in [7, 11) is 0. The number of hydrogen-bond acceptors (Lipinski definition) is 3. The van der Waals surface area contributed by atoms with Crippen molar-refractivity contribution >= 4 is 5.82 Å². The molecule has 0 aliphatic rings. The van der Waals surface area contributed by atoms with Gasteiger partial charge in [0.1, 0.15) is 11.6 Å². The van der Waals surface area contributed by atoms with Crippen molar-refractivity contribution in [2.45, 2.75) is 26.7 Å². The molecule has 1 aromatic heterocycles. The highest BCUT2D eigenvalue weighted by molar-refractivity contribution is 5.62. The average Bonchev–Trinajstić information content (AvgIpc) is 2.42.